The average Bonchev–Trinajstić information content (AvgIpc) is 1.82. The normalized spacial score (nSPS) is 10.6. The Kier molecular flexibility index (Phi) is 3.90. The minimum Gasteiger partial charge on any atom is -0.192 e. The quantitative estimate of drug-likeness (QED) is 0.549. The van der Waals surface area contributed by atoms with Crippen LogP contribution in [0.15, 0.2) is 22.5 Å². The lowest BCUT2D eigenvalue weighted by atomic mass is 10.6. The summed E-state index contributed by atoms with van der Waals surface area (Å²) in [5, 5.41) is 8.39. The second-order valence-corrected chi connectivity index (χ2v) is 2.91. The lowest BCUT2D eigenvalue weighted by Gasteiger charge is -1.92. The second-order valence-electron chi connectivity index (χ2n) is 1.57. The van der Waals surface area contributed by atoms with Crippen molar-refractivity contribution < 1.29 is 0 Å². The summed E-state index contributed by atoms with van der Waals surface area (Å²) in [6, 6.07) is 2.05. The highest BCUT2D eigenvalue weighted by atomic mass is 32.2. The molecule has 0 aromatic carbocycles. The summed E-state index contributed by atoms with van der Waals surface area (Å²) < 4.78 is 0. The van der Waals surface area contributed by atoms with Crippen LogP contribution < -0.4 is 0 Å². The number of hydrogen-bond acceptors (Lipinski definition) is 2. The first kappa shape index (κ1) is 8.32. The second kappa shape index (κ2) is 4.22. The van der Waals surface area contributed by atoms with Gasteiger partial charge in [0.1, 0.15) is 6.07 Å². The third kappa shape index (κ3) is 3.87. The van der Waals surface area contributed by atoms with Gasteiger partial charge in [0.2, 0.25) is 0 Å². The van der Waals surface area contributed by atoms with Crippen molar-refractivity contribution in [3.8, 4) is 6.07 Å². The molecule has 0 radical (unpaired) electrons. The molecule has 0 spiro atoms. The molecule has 0 atom stereocenters. The maximum Gasteiger partial charge on any atom is 0.106 e. The van der Waals surface area contributed by atoms with Gasteiger partial charge >= 0.3 is 0 Å². The summed E-state index contributed by atoms with van der Waals surface area (Å²) in [5.41, 5.74) is 0. The molecule has 0 fully saturated rings. The first-order chi connectivity index (χ1) is 4.20. The molecule has 0 amide bonds. The van der Waals surface area contributed by atoms with Crippen molar-refractivity contribution in [2.24, 2.45) is 0 Å². The van der Waals surface area contributed by atoms with Crippen LogP contribution in [0.2, 0.25) is 0 Å². The molecule has 0 aromatic heterocycles. The highest BCUT2D eigenvalue weighted by Gasteiger charge is 1.92. The SMILES string of the molecule is C=C(C)S/C(C#N)=C\C. The Balaban J connectivity index is 3.91. The fourth-order valence-electron chi connectivity index (χ4n) is 0.334. The highest BCUT2D eigenvalue weighted by Crippen LogP contribution is 2.21. The molecule has 0 saturated heterocycles. The van der Waals surface area contributed by atoms with Crippen LogP contribution in [-0.4, -0.2) is 0 Å². The summed E-state index contributed by atoms with van der Waals surface area (Å²) in [6.45, 7) is 7.38. The molecule has 48 valence electrons. The van der Waals surface area contributed by atoms with Crippen LogP contribution in [-0.2, 0) is 0 Å². The van der Waals surface area contributed by atoms with Gasteiger partial charge in [0.15, 0.2) is 0 Å². The predicted octanol–water partition coefficient (Wildman–Crippen LogP) is 2.68. The van der Waals surface area contributed by atoms with Gasteiger partial charge in [-0.3, -0.25) is 0 Å². The highest BCUT2D eigenvalue weighted by molar-refractivity contribution is 8.06. The summed E-state index contributed by atoms with van der Waals surface area (Å²) >= 11 is 1.41. The molecule has 0 saturated carbocycles. The number of nitriles is 1. The van der Waals surface area contributed by atoms with Crippen LogP contribution in [0.25, 0.3) is 0 Å². The minimum atomic E-state index is 0.711. The molecule has 0 heterocycles. The topological polar surface area (TPSA) is 23.8 Å². The maximum atomic E-state index is 8.39. The average molecular weight is 139 g/mol. The van der Waals surface area contributed by atoms with Gasteiger partial charge in [-0.2, -0.15) is 5.26 Å². The Morgan fingerprint density at radius 2 is 2.33 bits per heavy atom. The molecular weight excluding hydrogens is 130 g/mol. The van der Waals surface area contributed by atoms with Crippen LogP contribution in [0.5, 0.6) is 0 Å². The van der Waals surface area contributed by atoms with Gasteiger partial charge in [-0.05, 0) is 18.8 Å². The summed E-state index contributed by atoms with van der Waals surface area (Å²) in [7, 11) is 0. The van der Waals surface area contributed by atoms with Crippen LogP contribution >= 0.6 is 11.8 Å². The van der Waals surface area contributed by atoms with E-state index in [-0.39, 0.29) is 0 Å². The van der Waals surface area contributed by atoms with Crippen molar-refractivity contribution in [2.75, 3.05) is 0 Å². The smallest absolute Gasteiger partial charge is 0.106 e. The minimum absolute atomic E-state index is 0.711. The Bertz CT molecular complexity index is 174. The van der Waals surface area contributed by atoms with E-state index in [0.29, 0.717) is 4.91 Å². The standard InChI is InChI=1S/C7H9NS/c1-4-7(5-8)9-6(2)3/h4H,2H2,1,3H3/b7-4-. The molecule has 0 rings (SSSR count). The predicted molar refractivity (Wildman–Crippen MR) is 41.8 cm³/mol. The van der Waals surface area contributed by atoms with Crippen molar-refractivity contribution in [3.63, 3.8) is 0 Å². The van der Waals surface area contributed by atoms with E-state index in [1.807, 2.05) is 19.9 Å². The molecule has 0 aromatic rings. The fourth-order valence-corrected chi connectivity index (χ4v) is 0.873. The zero-order valence-electron chi connectivity index (χ0n) is 5.64. The van der Waals surface area contributed by atoms with Crippen molar-refractivity contribution in [1.29, 1.82) is 5.26 Å². The van der Waals surface area contributed by atoms with Crippen molar-refractivity contribution in [3.05, 3.63) is 22.5 Å². The van der Waals surface area contributed by atoms with Gasteiger partial charge in [0, 0.05) is 0 Å². The van der Waals surface area contributed by atoms with E-state index in [2.05, 4.69) is 6.58 Å². The van der Waals surface area contributed by atoms with Crippen LogP contribution in [0.3, 0.4) is 0 Å². The van der Waals surface area contributed by atoms with Gasteiger partial charge < -0.3 is 0 Å². The van der Waals surface area contributed by atoms with Crippen LogP contribution in [0, 0.1) is 11.3 Å². The molecule has 1 nitrogen and oxygen atoms in total. The largest absolute Gasteiger partial charge is 0.192 e. The summed E-state index contributed by atoms with van der Waals surface area (Å²) in [4.78, 5) is 1.66. The van der Waals surface area contributed by atoms with Crippen LogP contribution in [0.4, 0.5) is 0 Å². The molecule has 0 unspecified atom stereocenters. The Labute approximate surface area is 60.1 Å². The third-order valence-corrected chi connectivity index (χ3v) is 1.55. The van der Waals surface area contributed by atoms with Gasteiger partial charge in [-0.1, -0.05) is 24.4 Å². The molecular formula is C7H9NS. The number of rotatable bonds is 2. The number of nitrogens with zero attached hydrogens (tertiary/aromatic N) is 1. The molecule has 2 heteroatoms. The summed E-state index contributed by atoms with van der Waals surface area (Å²) in [6.07, 6.45) is 1.78. The Morgan fingerprint density at radius 3 is 2.44 bits per heavy atom. The van der Waals surface area contributed by atoms with Crippen molar-refractivity contribution >= 4 is 11.8 Å². The number of thioether (sulfide) groups is 1. The van der Waals surface area contributed by atoms with Gasteiger partial charge in [0.25, 0.3) is 0 Å². The number of allylic oxidation sites excluding steroid dienone is 3. The van der Waals surface area contributed by atoms with Crippen molar-refractivity contribution in [2.45, 2.75) is 13.8 Å². The van der Waals surface area contributed by atoms with E-state index in [9.17, 15) is 0 Å². The van der Waals surface area contributed by atoms with E-state index in [1.165, 1.54) is 11.8 Å². The van der Waals surface area contributed by atoms with Gasteiger partial charge in [-0.25, -0.2) is 0 Å². The monoisotopic (exact) mass is 139 g/mol. The molecule has 0 bridgehead atoms. The first-order valence-corrected chi connectivity index (χ1v) is 3.42. The van der Waals surface area contributed by atoms with E-state index >= 15 is 0 Å². The molecule has 0 N–H and O–H groups in total. The lowest BCUT2D eigenvalue weighted by Crippen LogP contribution is -1.67. The Morgan fingerprint density at radius 1 is 1.78 bits per heavy atom. The van der Waals surface area contributed by atoms with Gasteiger partial charge in [-0.15, -0.1) is 0 Å². The number of hydrogen-bond donors (Lipinski definition) is 0. The van der Waals surface area contributed by atoms with Crippen LogP contribution in [0.1, 0.15) is 13.8 Å². The fraction of sp³-hybridized carbons (Fsp3) is 0.286. The summed E-state index contributed by atoms with van der Waals surface area (Å²) in [5.74, 6) is 0. The van der Waals surface area contributed by atoms with E-state index in [4.69, 9.17) is 5.26 Å². The maximum absolute atomic E-state index is 8.39. The van der Waals surface area contributed by atoms with Crippen molar-refractivity contribution in [1.82, 2.24) is 0 Å². The van der Waals surface area contributed by atoms with Gasteiger partial charge in [0.05, 0.1) is 4.91 Å². The zero-order valence-corrected chi connectivity index (χ0v) is 6.46. The molecule has 0 aliphatic carbocycles. The van der Waals surface area contributed by atoms with E-state index in [0.717, 1.165) is 4.91 Å². The zero-order chi connectivity index (χ0) is 7.28. The Hall–Kier alpha value is -0.680. The molecule has 0 aliphatic heterocycles. The molecule has 0 aliphatic rings. The lowest BCUT2D eigenvalue weighted by molar-refractivity contribution is 1.52. The molecule has 9 heavy (non-hydrogen) atoms. The van der Waals surface area contributed by atoms with E-state index in [1.54, 1.807) is 6.08 Å². The first-order valence-electron chi connectivity index (χ1n) is 2.60. The van der Waals surface area contributed by atoms with E-state index < -0.39 is 0 Å². The third-order valence-electron chi connectivity index (χ3n) is 0.657.